The van der Waals surface area contributed by atoms with Crippen LogP contribution in [-0.4, -0.2) is 27.9 Å². The zero-order valence-electron chi connectivity index (χ0n) is 12.1. The summed E-state index contributed by atoms with van der Waals surface area (Å²) in [6, 6.07) is 6.43. The summed E-state index contributed by atoms with van der Waals surface area (Å²) in [5.74, 6) is 1.07. The molecule has 0 radical (unpaired) electrons. The van der Waals surface area contributed by atoms with Crippen LogP contribution in [0, 0.1) is 10.1 Å². The lowest BCUT2D eigenvalue weighted by Crippen LogP contribution is -2.39. The van der Waals surface area contributed by atoms with Crippen molar-refractivity contribution in [2.75, 3.05) is 5.75 Å². The van der Waals surface area contributed by atoms with Crippen LogP contribution in [0.2, 0.25) is 0 Å². The summed E-state index contributed by atoms with van der Waals surface area (Å²) in [5.41, 5.74) is 0.852. The molecule has 114 valence electrons. The number of nitro groups is 1. The molecule has 1 aromatic rings. The largest absolute Gasteiger partial charge is 0.352 e. The number of thioether (sulfide) groups is 1. The molecule has 1 amide bonds. The van der Waals surface area contributed by atoms with Crippen molar-refractivity contribution in [3.63, 3.8) is 0 Å². The molecule has 0 bridgehead atoms. The monoisotopic (exact) mass is 308 g/mol. The van der Waals surface area contributed by atoms with Crippen LogP contribution >= 0.6 is 11.8 Å². The van der Waals surface area contributed by atoms with Gasteiger partial charge in [0.15, 0.2) is 0 Å². The van der Waals surface area contributed by atoms with E-state index in [0.717, 1.165) is 17.7 Å². The predicted molar refractivity (Wildman–Crippen MR) is 84.5 cm³/mol. The molecule has 5 nitrogen and oxygen atoms in total. The molecule has 0 aliphatic heterocycles. The van der Waals surface area contributed by atoms with Crippen LogP contribution in [-0.2, 0) is 11.2 Å². The third kappa shape index (κ3) is 4.46. The van der Waals surface area contributed by atoms with Crippen LogP contribution in [0.25, 0.3) is 0 Å². The van der Waals surface area contributed by atoms with Crippen LogP contribution < -0.4 is 5.32 Å². The molecule has 2 atom stereocenters. The molecule has 1 saturated carbocycles. The van der Waals surface area contributed by atoms with Crippen LogP contribution in [0.15, 0.2) is 24.3 Å². The van der Waals surface area contributed by atoms with E-state index >= 15 is 0 Å². The summed E-state index contributed by atoms with van der Waals surface area (Å²) in [4.78, 5) is 22.2. The van der Waals surface area contributed by atoms with Gasteiger partial charge in [0.05, 0.1) is 11.3 Å². The number of carbonyl (C=O) groups excluding carboxylic acids is 1. The van der Waals surface area contributed by atoms with Crippen molar-refractivity contribution in [2.24, 2.45) is 0 Å². The van der Waals surface area contributed by atoms with E-state index in [0.29, 0.717) is 5.25 Å². The SMILES string of the molecule is CCS[C@@H]1CCC[C@H]1NC(=O)Cc1ccc([N+](=O)[O-])cc1. The van der Waals surface area contributed by atoms with Gasteiger partial charge in [0, 0.05) is 23.4 Å². The molecule has 0 unspecified atom stereocenters. The zero-order chi connectivity index (χ0) is 15.2. The van der Waals surface area contributed by atoms with Crippen molar-refractivity contribution >= 4 is 23.4 Å². The second-order valence-electron chi connectivity index (χ2n) is 5.20. The maximum absolute atomic E-state index is 12.1. The van der Waals surface area contributed by atoms with Crippen LogP contribution in [0.4, 0.5) is 5.69 Å². The molecule has 1 N–H and O–H groups in total. The van der Waals surface area contributed by atoms with Crippen LogP contribution in [0.5, 0.6) is 0 Å². The molecule has 2 rings (SSSR count). The Bertz CT molecular complexity index is 504. The Morgan fingerprint density at radius 1 is 1.38 bits per heavy atom. The van der Waals surface area contributed by atoms with E-state index in [1.807, 2.05) is 11.8 Å². The van der Waals surface area contributed by atoms with E-state index in [9.17, 15) is 14.9 Å². The van der Waals surface area contributed by atoms with E-state index < -0.39 is 4.92 Å². The summed E-state index contributed by atoms with van der Waals surface area (Å²) < 4.78 is 0. The van der Waals surface area contributed by atoms with E-state index in [-0.39, 0.29) is 24.1 Å². The van der Waals surface area contributed by atoms with Crippen molar-refractivity contribution in [3.8, 4) is 0 Å². The lowest BCUT2D eigenvalue weighted by atomic mass is 10.1. The standard InChI is InChI=1S/C15H20N2O3S/c1-2-21-14-5-3-4-13(14)16-15(18)10-11-6-8-12(9-7-11)17(19)20/h6-9,13-14H,2-5,10H2,1H3,(H,16,18)/t13-,14-/m1/s1. The quantitative estimate of drug-likeness (QED) is 0.648. The highest BCUT2D eigenvalue weighted by Gasteiger charge is 2.28. The topological polar surface area (TPSA) is 72.2 Å². The number of non-ortho nitro benzene ring substituents is 1. The van der Waals surface area contributed by atoms with Gasteiger partial charge in [0.25, 0.3) is 5.69 Å². The van der Waals surface area contributed by atoms with Crippen LogP contribution in [0.1, 0.15) is 31.7 Å². The molecular weight excluding hydrogens is 288 g/mol. The molecule has 0 heterocycles. The third-order valence-corrected chi connectivity index (χ3v) is 5.02. The lowest BCUT2D eigenvalue weighted by Gasteiger charge is -2.20. The smallest absolute Gasteiger partial charge is 0.269 e. The Morgan fingerprint density at radius 3 is 2.71 bits per heavy atom. The minimum absolute atomic E-state index is 0.00236. The first-order valence-electron chi connectivity index (χ1n) is 7.24. The molecule has 1 aromatic carbocycles. The first kappa shape index (κ1) is 15.8. The third-order valence-electron chi connectivity index (χ3n) is 3.69. The minimum atomic E-state index is -0.436. The number of nitro benzene ring substituents is 1. The van der Waals surface area contributed by atoms with Gasteiger partial charge >= 0.3 is 0 Å². The van der Waals surface area contributed by atoms with Crippen molar-refractivity contribution in [1.29, 1.82) is 0 Å². The van der Waals surface area contributed by atoms with Crippen molar-refractivity contribution < 1.29 is 9.72 Å². The fourth-order valence-corrected chi connectivity index (χ4v) is 3.88. The number of hydrogen-bond donors (Lipinski definition) is 1. The fourth-order valence-electron chi connectivity index (χ4n) is 2.68. The number of benzene rings is 1. The molecule has 1 fully saturated rings. The average molecular weight is 308 g/mol. The lowest BCUT2D eigenvalue weighted by molar-refractivity contribution is -0.384. The number of nitrogens with zero attached hydrogens (tertiary/aromatic N) is 1. The molecular formula is C15H20N2O3S. The highest BCUT2D eigenvalue weighted by atomic mass is 32.2. The maximum Gasteiger partial charge on any atom is 0.269 e. The summed E-state index contributed by atoms with van der Waals surface area (Å²) in [7, 11) is 0. The molecule has 0 saturated heterocycles. The van der Waals surface area contributed by atoms with E-state index in [4.69, 9.17) is 0 Å². The number of carbonyl (C=O) groups is 1. The van der Waals surface area contributed by atoms with E-state index in [1.165, 1.54) is 25.0 Å². The fraction of sp³-hybridized carbons (Fsp3) is 0.533. The predicted octanol–water partition coefficient (Wildman–Crippen LogP) is 2.93. The van der Waals surface area contributed by atoms with Gasteiger partial charge in [-0.25, -0.2) is 0 Å². The zero-order valence-corrected chi connectivity index (χ0v) is 12.9. The second-order valence-corrected chi connectivity index (χ2v) is 6.72. The number of hydrogen-bond acceptors (Lipinski definition) is 4. The Morgan fingerprint density at radius 2 is 2.10 bits per heavy atom. The summed E-state index contributed by atoms with van der Waals surface area (Å²) in [6.45, 7) is 2.14. The Balaban J connectivity index is 1.88. The molecule has 0 spiro atoms. The maximum atomic E-state index is 12.1. The summed E-state index contributed by atoms with van der Waals surface area (Å²) >= 11 is 1.91. The van der Waals surface area contributed by atoms with Crippen molar-refractivity contribution in [3.05, 3.63) is 39.9 Å². The Kier molecular flexibility index (Phi) is 5.61. The second kappa shape index (κ2) is 7.45. The van der Waals surface area contributed by atoms with Crippen molar-refractivity contribution in [2.45, 2.75) is 43.9 Å². The number of rotatable bonds is 6. The summed E-state index contributed by atoms with van der Waals surface area (Å²) in [5, 5.41) is 14.2. The number of nitrogens with one attached hydrogen (secondary N) is 1. The average Bonchev–Trinajstić information content (AvgIpc) is 2.87. The first-order chi connectivity index (χ1) is 10.1. The van der Waals surface area contributed by atoms with Gasteiger partial charge in [-0.3, -0.25) is 14.9 Å². The van der Waals surface area contributed by atoms with Gasteiger partial charge in [-0.2, -0.15) is 11.8 Å². The highest BCUT2D eigenvalue weighted by Crippen LogP contribution is 2.29. The van der Waals surface area contributed by atoms with Crippen molar-refractivity contribution in [1.82, 2.24) is 5.32 Å². The Hall–Kier alpha value is -1.56. The summed E-state index contributed by atoms with van der Waals surface area (Å²) in [6.07, 6.45) is 3.66. The van der Waals surface area contributed by atoms with E-state index in [1.54, 1.807) is 12.1 Å². The molecule has 21 heavy (non-hydrogen) atoms. The molecule has 1 aliphatic rings. The Labute approximate surface area is 128 Å². The number of amides is 1. The highest BCUT2D eigenvalue weighted by molar-refractivity contribution is 7.99. The van der Waals surface area contributed by atoms with Gasteiger partial charge in [-0.1, -0.05) is 25.5 Å². The van der Waals surface area contributed by atoms with E-state index in [2.05, 4.69) is 12.2 Å². The van der Waals surface area contributed by atoms with Gasteiger partial charge in [-0.05, 0) is 24.2 Å². The first-order valence-corrected chi connectivity index (χ1v) is 8.29. The molecule has 6 heteroatoms. The van der Waals surface area contributed by atoms with Crippen LogP contribution in [0.3, 0.4) is 0 Å². The van der Waals surface area contributed by atoms with Gasteiger partial charge < -0.3 is 5.32 Å². The normalized spacial score (nSPS) is 21.2. The minimum Gasteiger partial charge on any atom is -0.352 e. The molecule has 0 aromatic heterocycles. The van der Waals surface area contributed by atoms with Gasteiger partial charge in [0.2, 0.25) is 5.91 Å². The van der Waals surface area contributed by atoms with Gasteiger partial charge in [-0.15, -0.1) is 0 Å². The van der Waals surface area contributed by atoms with Gasteiger partial charge in [0.1, 0.15) is 0 Å². The molecule has 1 aliphatic carbocycles.